The quantitative estimate of drug-likeness (QED) is 0.730. The second-order valence-electron chi connectivity index (χ2n) is 6.75. The van der Waals surface area contributed by atoms with E-state index in [1.807, 2.05) is 0 Å². The Labute approximate surface area is 159 Å². The molecule has 1 fully saturated rings. The lowest BCUT2D eigenvalue weighted by Gasteiger charge is -2.18. The predicted molar refractivity (Wildman–Crippen MR) is 106 cm³/mol. The second kappa shape index (κ2) is 8.68. The maximum absolute atomic E-state index is 12.7. The molecule has 0 bridgehead atoms. The third kappa shape index (κ3) is 4.46. The summed E-state index contributed by atoms with van der Waals surface area (Å²) in [6.07, 6.45) is 2.83. The minimum absolute atomic E-state index is 0.0624. The third-order valence-electron chi connectivity index (χ3n) is 5.08. The van der Waals surface area contributed by atoms with Gasteiger partial charge in [-0.2, -0.15) is 0 Å². The number of amides is 2. The zero-order chi connectivity index (χ0) is 19.2. The van der Waals surface area contributed by atoms with Crippen LogP contribution in [0.3, 0.4) is 0 Å². The Morgan fingerprint density at radius 2 is 1.81 bits per heavy atom. The summed E-state index contributed by atoms with van der Waals surface area (Å²) in [7, 11) is 1.59. The Kier molecular flexibility index (Phi) is 6.08. The van der Waals surface area contributed by atoms with Crippen molar-refractivity contribution in [3.63, 3.8) is 0 Å². The van der Waals surface area contributed by atoms with E-state index in [-0.39, 0.29) is 23.7 Å². The Morgan fingerprint density at radius 3 is 2.52 bits per heavy atom. The maximum atomic E-state index is 12.7. The number of benzene rings is 2. The molecule has 0 heterocycles. The van der Waals surface area contributed by atoms with Crippen molar-refractivity contribution in [3.05, 3.63) is 54.1 Å². The molecule has 0 saturated heterocycles. The lowest BCUT2D eigenvalue weighted by Crippen LogP contribution is -2.30. The topological polar surface area (TPSA) is 93.5 Å². The Morgan fingerprint density at radius 1 is 1.07 bits per heavy atom. The van der Waals surface area contributed by atoms with Crippen molar-refractivity contribution in [3.8, 4) is 5.75 Å². The SMILES string of the molecule is COc1ccc(NC(=O)c2ccccc2NC(=O)[C@@H]2CCC[C@@H]2CN)cc1. The second-order valence-corrected chi connectivity index (χ2v) is 6.75. The molecule has 3 rings (SSSR count). The van der Waals surface area contributed by atoms with E-state index in [9.17, 15) is 9.59 Å². The molecule has 0 radical (unpaired) electrons. The normalized spacial score (nSPS) is 18.7. The van der Waals surface area contributed by atoms with E-state index in [1.54, 1.807) is 55.6 Å². The minimum atomic E-state index is -0.280. The first-order chi connectivity index (χ1) is 13.1. The summed E-state index contributed by atoms with van der Waals surface area (Å²) >= 11 is 0. The zero-order valence-corrected chi connectivity index (χ0v) is 15.4. The number of carbonyl (C=O) groups is 2. The van der Waals surface area contributed by atoms with Gasteiger partial charge < -0.3 is 21.1 Å². The molecule has 27 heavy (non-hydrogen) atoms. The first-order valence-electron chi connectivity index (χ1n) is 9.17. The van der Waals surface area contributed by atoms with Gasteiger partial charge in [-0.15, -0.1) is 0 Å². The molecule has 142 valence electrons. The molecule has 2 aromatic carbocycles. The number of ether oxygens (including phenoxy) is 1. The standard InChI is InChI=1S/C21H25N3O3/c1-27-16-11-9-15(10-12-16)23-21(26)18-6-2-3-8-19(18)24-20(25)17-7-4-5-14(17)13-22/h2-3,6,8-12,14,17H,4-5,7,13,22H2,1H3,(H,23,26)(H,24,25)/t14-,17-/m1/s1. The monoisotopic (exact) mass is 367 g/mol. The molecular formula is C21H25N3O3. The lowest BCUT2D eigenvalue weighted by atomic mass is 9.95. The molecule has 0 aromatic heterocycles. The fourth-order valence-corrected chi connectivity index (χ4v) is 3.55. The first kappa shape index (κ1) is 18.9. The third-order valence-corrected chi connectivity index (χ3v) is 5.08. The van der Waals surface area contributed by atoms with Gasteiger partial charge in [0.1, 0.15) is 5.75 Å². The van der Waals surface area contributed by atoms with Crippen LogP contribution in [0.1, 0.15) is 29.6 Å². The number of carbonyl (C=O) groups excluding carboxylic acids is 2. The smallest absolute Gasteiger partial charge is 0.257 e. The number of nitrogens with two attached hydrogens (primary N) is 1. The van der Waals surface area contributed by atoms with Crippen molar-refractivity contribution in [1.82, 2.24) is 0 Å². The number of anilines is 2. The van der Waals surface area contributed by atoms with Crippen LogP contribution in [0.25, 0.3) is 0 Å². The molecule has 2 atom stereocenters. The van der Waals surface area contributed by atoms with Crippen molar-refractivity contribution in [2.24, 2.45) is 17.6 Å². The van der Waals surface area contributed by atoms with E-state index in [0.29, 0.717) is 29.2 Å². The Hall–Kier alpha value is -2.86. The van der Waals surface area contributed by atoms with Crippen LogP contribution < -0.4 is 21.1 Å². The van der Waals surface area contributed by atoms with E-state index in [1.165, 1.54) is 0 Å². The van der Waals surface area contributed by atoms with Crippen molar-refractivity contribution in [2.75, 3.05) is 24.3 Å². The van der Waals surface area contributed by atoms with Gasteiger partial charge in [-0.05, 0) is 61.7 Å². The Bertz CT molecular complexity index is 805. The molecule has 2 aromatic rings. The summed E-state index contributed by atoms with van der Waals surface area (Å²) < 4.78 is 5.12. The largest absolute Gasteiger partial charge is 0.497 e. The molecule has 2 amide bonds. The van der Waals surface area contributed by atoms with Crippen molar-refractivity contribution < 1.29 is 14.3 Å². The van der Waals surface area contributed by atoms with Gasteiger partial charge in [-0.1, -0.05) is 18.6 Å². The molecule has 1 aliphatic carbocycles. The zero-order valence-electron chi connectivity index (χ0n) is 15.4. The minimum Gasteiger partial charge on any atom is -0.497 e. The number of rotatable bonds is 6. The summed E-state index contributed by atoms with van der Waals surface area (Å²) in [5, 5.41) is 5.77. The predicted octanol–water partition coefficient (Wildman–Crippen LogP) is 3.26. The van der Waals surface area contributed by atoms with Crippen LogP contribution in [0.4, 0.5) is 11.4 Å². The van der Waals surface area contributed by atoms with Crippen LogP contribution in [0, 0.1) is 11.8 Å². The van der Waals surface area contributed by atoms with E-state index >= 15 is 0 Å². The van der Waals surface area contributed by atoms with Gasteiger partial charge in [-0.3, -0.25) is 9.59 Å². The van der Waals surface area contributed by atoms with E-state index in [2.05, 4.69) is 10.6 Å². The molecule has 1 aliphatic rings. The van der Waals surface area contributed by atoms with Crippen LogP contribution >= 0.6 is 0 Å². The van der Waals surface area contributed by atoms with E-state index in [0.717, 1.165) is 19.3 Å². The molecule has 0 unspecified atom stereocenters. The summed E-state index contributed by atoms with van der Waals surface area (Å²) in [6, 6.07) is 14.1. The fourth-order valence-electron chi connectivity index (χ4n) is 3.55. The molecule has 4 N–H and O–H groups in total. The van der Waals surface area contributed by atoms with Gasteiger partial charge in [0.2, 0.25) is 5.91 Å². The highest BCUT2D eigenvalue weighted by Gasteiger charge is 2.32. The van der Waals surface area contributed by atoms with Crippen LogP contribution in [0.2, 0.25) is 0 Å². The number of hydrogen-bond donors (Lipinski definition) is 3. The summed E-state index contributed by atoms with van der Waals surface area (Å²) in [5.41, 5.74) is 7.37. The molecule has 6 heteroatoms. The lowest BCUT2D eigenvalue weighted by molar-refractivity contribution is -0.120. The molecule has 0 aliphatic heterocycles. The maximum Gasteiger partial charge on any atom is 0.257 e. The van der Waals surface area contributed by atoms with Crippen LogP contribution in [0.15, 0.2) is 48.5 Å². The van der Waals surface area contributed by atoms with Crippen molar-refractivity contribution in [2.45, 2.75) is 19.3 Å². The van der Waals surface area contributed by atoms with Crippen molar-refractivity contribution >= 4 is 23.2 Å². The van der Waals surface area contributed by atoms with Crippen LogP contribution in [-0.2, 0) is 4.79 Å². The van der Waals surface area contributed by atoms with Gasteiger partial charge >= 0.3 is 0 Å². The Balaban J connectivity index is 1.72. The average molecular weight is 367 g/mol. The molecule has 6 nitrogen and oxygen atoms in total. The average Bonchev–Trinajstić information content (AvgIpc) is 3.18. The number of methoxy groups -OCH3 is 1. The van der Waals surface area contributed by atoms with E-state index < -0.39 is 0 Å². The molecular weight excluding hydrogens is 342 g/mol. The molecule has 1 saturated carbocycles. The van der Waals surface area contributed by atoms with Gasteiger partial charge in [0, 0.05) is 11.6 Å². The highest BCUT2D eigenvalue weighted by atomic mass is 16.5. The first-order valence-corrected chi connectivity index (χ1v) is 9.17. The molecule has 0 spiro atoms. The number of nitrogens with one attached hydrogen (secondary N) is 2. The van der Waals surface area contributed by atoms with Gasteiger partial charge in [0.05, 0.1) is 18.4 Å². The summed E-state index contributed by atoms with van der Waals surface area (Å²) in [4.78, 5) is 25.4. The van der Waals surface area contributed by atoms with Crippen molar-refractivity contribution in [1.29, 1.82) is 0 Å². The van der Waals surface area contributed by atoms with E-state index in [4.69, 9.17) is 10.5 Å². The van der Waals surface area contributed by atoms with Crippen LogP contribution in [-0.4, -0.2) is 25.5 Å². The number of hydrogen-bond acceptors (Lipinski definition) is 4. The van der Waals surface area contributed by atoms with Gasteiger partial charge in [0.15, 0.2) is 0 Å². The summed E-state index contributed by atoms with van der Waals surface area (Å²) in [6.45, 7) is 0.512. The summed E-state index contributed by atoms with van der Waals surface area (Å²) in [5.74, 6) is 0.496. The van der Waals surface area contributed by atoms with Crippen LogP contribution in [0.5, 0.6) is 5.75 Å². The number of para-hydroxylation sites is 1. The van der Waals surface area contributed by atoms with Gasteiger partial charge in [0.25, 0.3) is 5.91 Å². The highest BCUT2D eigenvalue weighted by Crippen LogP contribution is 2.32. The highest BCUT2D eigenvalue weighted by molar-refractivity contribution is 6.10. The fraction of sp³-hybridized carbons (Fsp3) is 0.333. The van der Waals surface area contributed by atoms with Gasteiger partial charge in [-0.25, -0.2) is 0 Å².